The van der Waals surface area contributed by atoms with Crippen molar-refractivity contribution < 1.29 is 9.18 Å². The van der Waals surface area contributed by atoms with Crippen molar-refractivity contribution in [3.63, 3.8) is 0 Å². The molecule has 0 saturated heterocycles. The molecule has 1 aromatic heterocycles. The lowest BCUT2D eigenvalue weighted by molar-refractivity contribution is -0.127. The van der Waals surface area contributed by atoms with E-state index in [1.165, 1.54) is 28.1 Å². The van der Waals surface area contributed by atoms with Crippen LogP contribution in [0.5, 0.6) is 0 Å². The lowest BCUT2D eigenvalue weighted by Crippen LogP contribution is -2.28. The molecule has 3 rings (SSSR count). The lowest BCUT2D eigenvalue weighted by Gasteiger charge is -2.17. The van der Waals surface area contributed by atoms with E-state index in [-0.39, 0.29) is 23.0 Å². The minimum atomic E-state index is -0.428. The summed E-state index contributed by atoms with van der Waals surface area (Å²) in [5, 5.41) is 8.29. The number of thioether (sulfide) groups is 1. The van der Waals surface area contributed by atoms with Crippen LogP contribution in [0.15, 0.2) is 53.7 Å². The monoisotopic (exact) mass is 399 g/mol. The van der Waals surface area contributed by atoms with Crippen molar-refractivity contribution in [2.45, 2.75) is 25.0 Å². The maximum Gasteiger partial charge on any atom is 0.233 e. The van der Waals surface area contributed by atoms with Gasteiger partial charge < -0.3 is 10.7 Å². The number of hydrogen-bond acceptors (Lipinski definition) is 5. The minimum Gasteiger partial charge on any atom is -0.341 e. The van der Waals surface area contributed by atoms with Gasteiger partial charge in [0.05, 0.1) is 11.3 Å². The number of carbonyl (C=O) groups excluding carboxylic acids is 1. The molecule has 2 aromatic carbocycles. The number of rotatable bonds is 7. The van der Waals surface area contributed by atoms with Crippen LogP contribution in [-0.2, 0) is 17.8 Å². The molecule has 8 heteroatoms. The van der Waals surface area contributed by atoms with Crippen LogP contribution in [0.1, 0.15) is 18.1 Å². The van der Waals surface area contributed by atoms with Crippen molar-refractivity contribution in [1.29, 1.82) is 0 Å². The largest absolute Gasteiger partial charge is 0.341 e. The number of nitrogens with two attached hydrogens (primary N) is 1. The summed E-state index contributed by atoms with van der Waals surface area (Å²) in [5.74, 6) is 5.90. The molecule has 0 saturated carbocycles. The van der Waals surface area contributed by atoms with E-state index >= 15 is 0 Å². The first-order chi connectivity index (χ1) is 13.5. The van der Waals surface area contributed by atoms with Crippen LogP contribution in [0.25, 0.3) is 11.4 Å². The topological polar surface area (TPSA) is 77.0 Å². The fourth-order valence-corrected chi connectivity index (χ4v) is 3.48. The Kier molecular flexibility index (Phi) is 6.30. The van der Waals surface area contributed by atoms with E-state index in [4.69, 9.17) is 5.84 Å². The molecule has 0 aliphatic rings. The number of nitrogen functional groups attached to an aromatic ring is 1. The zero-order valence-corrected chi connectivity index (χ0v) is 16.6. The van der Waals surface area contributed by atoms with Crippen LogP contribution in [0, 0.1) is 5.82 Å². The Balaban J connectivity index is 1.60. The molecule has 0 aliphatic carbocycles. The van der Waals surface area contributed by atoms with E-state index in [1.807, 2.05) is 12.1 Å². The summed E-state index contributed by atoms with van der Waals surface area (Å²) in [6.07, 6.45) is 0.986. The highest BCUT2D eigenvalue weighted by atomic mass is 32.2. The van der Waals surface area contributed by atoms with Gasteiger partial charge in [-0.1, -0.05) is 55.1 Å². The summed E-state index contributed by atoms with van der Waals surface area (Å²) in [7, 11) is 1.76. The van der Waals surface area contributed by atoms with Crippen molar-refractivity contribution in [2.24, 2.45) is 0 Å². The third kappa shape index (κ3) is 4.51. The summed E-state index contributed by atoms with van der Waals surface area (Å²) in [6, 6.07) is 14.4. The Morgan fingerprint density at radius 1 is 1.14 bits per heavy atom. The molecule has 0 spiro atoms. The fourth-order valence-electron chi connectivity index (χ4n) is 2.68. The Hall–Kier alpha value is -2.87. The van der Waals surface area contributed by atoms with Crippen molar-refractivity contribution in [1.82, 2.24) is 19.8 Å². The first kappa shape index (κ1) is 19.9. The molecule has 0 aliphatic heterocycles. The summed E-state index contributed by atoms with van der Waals surface area (Å²) < 4.78 is 15.1. The van der Waals surface area contributed by atoms with E-state index < -0.39 is 5.82 Å². The maximum absolute atomic E-state index is 13.9. The van der Waals surface area contributed by atoms with Crippen molar-refractivity contribution >= 4 is 17.7 Å². The second-order valence-corrected chi connectivity index (χ2v) is 7.31. The average molecular weight is 399 g/mol. The molecule has 0 radical (unpaired) electrons. The van der Waals surface area contributed by atoms with E-state index in [9.17, 15) is 9.18 Å². The standard InChI is InChI=1S/C20H22FN5OS/c1-3-14-8-10-15(11-9-14)12-25(2)18(27)13-28-20-24-23-19(26(20)22)16-6-4-5-7-17(16)21/h4-11H,3,12-13,22H2,1-2H3. The molecule has 2 N–H and O–H groups in total. The molecule has 1 amide bonds. The van der Waals surface area contributed by atoms with Gasteiger partial charge in [-0.15, -0.1) is 10.2 Å². The van der Waals surface area contributed by atoms with E-state index in [0.29, 0.717) is 11.7 Å². The Morgan fingerprint density at radius 3 is 2.50 bits per heavy atom. The molecule has 6 nitrogen and oxygen atoms in total. The number of hydrogen-bond donors (Lipinski definition) is 1. The van der Waals surface area contributed by atoms with Crippen LogP contribution in [0.4, 0.5) is 4.39 Å². The summed E-state index contributed by atoms with van der Waals surface area (Å²) in [5.41, 5.74) is 2.60. The number of nitrogens with zero attached hydrogens (tertiary/aromatic N) is 4. The number of aromatic nitrogens is 3. The van der Waals surface area contributed by atoms with E-state index in [2.05, 4.69) is 29.3 Å². The molecule has 146 valence electrons. The van der Waals surface area contributed by atoms with Gasteiger partial charge in [0, 0.05) is 13.6 Å². The number of amides is 1. The number of aryl methyl sites for hydroxylation is 1. The molecular formula is C20H22FN5OS. The normalized spacial score (nSPS) is 10.8. The predicted molar refractivity (Wildman–Crippen MR) is 109 cm³/mol. The van der Waals surface area contributed by atoms with Crippen molar-refractivity contribution in [2.75, 3.05) is 18.6 Å². The van der Waals surface area contributed by atoms with Gasteiger partial charge in [0.2, 0.25) is 11.1 Å². The van der Waals surface area contributed by atoms with Gasteiger partial charge in [0.25, 0.3) is 0 Å². The quantitative estimate of drug-likeness (QED) is 0.488. The van der Waals surface area contributed by atoms with Crippen LogP contribution in [0.3, 0.4) is 0 Å². The lowest BCUT2D eigenvalue weighted by atomic mass is 10.1. The van der Waals surface area contributed by atoms with Crippen LogP contribution in [0.2, 0.25) is 0 Å². The maximum atomic E-state index is 13.9. The first-order valence-electron chi connectivity index (χ1n) is 8.89. The number of carbonyl (C=O) groups is 1. The molecule has 3 aromatic rings. The molecule has 0 atom stereocenters. The highest BCUT2D eigenvalue weighted by molar-refractivity contribution is 7.99. The molecule has 1 heterocycles. The summed E-state index contributed by atoms with van der Waals surface area (Å²) in [4.78, 5) is 14.1. The second-order valence-electron chi connectivity index (χ2n) is 6.36. The Bertz CT molecular complexity index is 957. The van der Waals surface area contributed by atoms with Gasteiger partial charge in [-0.3, -0.25) is 4.79 Å². The number of benzene rings is 2. The molecular weight excluding hydrogens is 377 g/mol. The Morgan fingerprint density at radius 2 is 1.82 bits per heavy atom. The molecule has 28 heavy (non-hydrogen) atoms. The van der Waals surface area contributed by atoms with Gasteiger partial charge in [-0.25, -0.2) is 9.07 Å². The first-order valence-corrected chi connectivity index (χ1v) is 9.88. The van der Waals surface area contributed by atoms with Gasteiger partial charge >= 0.3 is 0 Å². The number of halogens is 1. The minimum absolute atomic E-state index is 0.0555. The third-order valence-electron chi connectivity index (χ3n) is 4.38. The van der Waals surface area contributed by atoms with E-state index in [0.717, 1.165) is 12.0 Å². The highest BCUT2D eigenvalue weighted by Gasteiger charge is 2.17. The van der Waals surface area contributed by atoms with Gasteiger partial charge in [0.1, 0.15) is 5.82 Å². The molecule has 0 unspecified atom stereocenters. The second kappa shape index (κ2) is 8.88. The van der Waals surface area contributed by atoms with Crippen LogP contribution >= 0.6 is 11.8 Å². The SMILES string of the molecule is CCc1ccc(CN(C)C(=O)CSc2nnc(-c3ccccc3F)n2N)cc1. The molecule has 0 bridgehead atoms. The summed E-state index contributed by atoms with van der Waals surface area (Å²) >= 11 is 1.17. The van der Waals surface area contributed by atoms with Gasteiger partial charge in [-0.05, 0) is 29.7 Å². The van der Waals surface area contributed by atoms with Gasteiger partial charge in [-0.2, -0.15) is 0 Å². The highest BCUT2D eigenvalue weighted by Crippen LogP contribution is 2.23. The smallest absolute Gasteiger partial charge is 0.233 e. The summed E-state index contributed by atoms with van der Waals surface area (Å²) in [6.45, 7) is 2.63. The van der Waals surface area contributed by atoms with Gasteiger partial charge in [0.15, 0.2) is 5.82 Å². The Labute approximate surface area is 167 Å². The van der Waals surface area contributed by atoms with E-state index in [1.54, 1.807) is 30.1 Å². The van der Waals surface area contributed by atoms with Crippen LogP contribution in [-0.4, -0.2) is 38.5 Å². The third-order valence-corrected chi connectivity index (χ3v) is 5.31. The van der Waals surface area contributed by atoms with Crippen molar-refractivity contribution in [3.05, 3.63) is 65.5 Å². The van der Waals surface area contributed by atoms with Crippen molar-refractivity contribution in [3.8, 4) is 11.4 Å². The predicted octanol–water partition coefficient (Wildman–Crippen LogP) is 3.11. The zero-order valence-electron chi connectivity index (χ0n) is 15.8. The molecule has 0 fully saturated rings. The fraction of sp³-hybridized carbons (Fsp3) is 0.250. The zero-order chi connectivity index (χ0) is 20.1. The average Bonchev–Trinajstić information content (AvgIpc) is 3.07. The van der Waals surface area contributed by atoms with Crippen LogP contribution < -0.4 is 5.84 Å².